The van der Waals surface area contributed by atoms with Crippen LogP contribution in [0.25, 0.3) is 11.0 Å². The summed E-state index contributed by atoms with van der Waals surface area (Å²) in [5.41, 5.74) is 4.15. The minimum absolute atomic E-state index is 0.0446. The van der Waals surface area contributed by atoms with E-state index in [4.69, 9.17) is 13.9 Å². The number of fused-ring (bicyclic) bond motifs is 1. The number of carbonyl (C=O) groups excluding carboxylic acids is 1. The molecule has 0 aliphatic carbocycles. The smallest absolute Gasteiger partial charge is 0.307 e. The van der Waals surface area contributed by atoms with Gasteiger partial charge in [0.1, 0.15) is 18.0 Å². The molecule has 3 aromatic carbocycles. The highest BCUT2D eigenvalue weighted by Gasteiger charge is 2.14. The molecule has 1 aromatic heterocycles. The second-order valence-corrected chi connectivity index (χ2v) is 8.91. The SMILES string of the molecule is CCOc1cc(/C=N/NC(=O)c2cc3cc(Br)ccc3o2)cc(Br)c1OCc1ccccc1F. The van der Waals surface area contributed by atoms with Crippen LogP contribution in [0.4, 0.5) is 4.39 Å². The van der Waals surface area contributed by atoms with Gasteiger partial charge < -0.3 is 13.9 Å². The van der Waals surface area contributed by atoms with Gasteiger partial charge in [-0.2, -0.15) is 5.10 Å². The van der Waals surface area contributed by atoms with Gasteiger partial charge in [-0.15, -0.1) is 0 Å². The lowest BCUT2D eigenvalue weighted by molar-refractivity contribution is 0.0929. The molecule has 34 heavy (non-hydrogen) atoms. The second kappa shape index (κ2) is 10.8. The number of rotatable bonds is 8. The molecule has 0 aliphatic heterocycles. The van der Waals surface area contributed by atoms with Crippen molar-refractivity contribution in [2.24, 2.45) is 5.10 Å². The van der Waals surface area contributed by atoms with Gasteiger partial charge in [0, 0.05) is 15.4 Å². The van der Waals surface area contributed by atoms with Gasteiger partial charge in [0.2, 0.25) is 0 Å². The van der Waals surface area contributed by atoms with Crippen LogP contribution >= 0.6 is 31.9 Å². The fourth-order valence-corrected chi connectivity index (χ4v) is 4.13. The number of nitrogens with zero attached hydrogens (tertiary/aromatic N) is 1. The number of halogens is 3. The van der Waals surface area contributed by atoms with Gasteiger partial charge in [-0.1, -0.05) is 34.1 Å². The van der Waals surface area contributed by atoms with E-state index in [0.29, 0.717) is 39.3 Å². The molecule has 4 aromatic rings. The summed E-state index contributed by atoms with van der Waals surface area (Å²) in [5, 5.41) is 4.83. The number of hydrogen-bond acceptors (Lipinski definition) is 5. The number of ether oxygens (including phenoxy) is 2. The van der Waals surface area contributed by atoms with Gasteiger partial charge >= 0.3 is 5.91 Å². The molecule has 1 N–H and O–H groups in total. The molecule has 0 aliphatic rings. The zero-order valence-corrected chi connectivity index (χ0v) is 21.2. The first kappa shape index (κ1) is 24.0. The fraction of sp³-hybridized carbons (Fsp3) is 0.120. The number of amides is 1. The molecular weight excluding hydrogens is 571 g/mol. The van der Waals surface area contributed by atoms with Crippen LogP contribution in [-0.4, -0.2) is 18.7 Å². The Kier molecular flexibility index (Phi) is 7.64. The summed E-state index contributed by atoms with van der Waals surface area (Å²) in [7, 11) is 0. The normalized spacial score (nSPS) is 11.2. The molecule has 0 saturated carbocycles. The van der Waals surface area contributed by atoms with Crippen molar-refractivity contribution in [3.05, 3.63) is 92.3 Å². The van der Waals surface area contributed by atoms with Crippen molar-refractivity contribution < 1.29 is 23.1 Å². The van der Waals surface area contributed by atoms with Crippen LogP contribution in [-0.2, 0) is 6.61 Å². The minimum atomic E-state index is -0.475. The molecule has 1 amide bonds. The molecule has 0 saturated heterocycles. The number of hydrogen-bond donors (Lipinski definition) is 1. The zero-order valence-electron chi connectivity index (χ0n) is 18.0. The summed E-state index contributed by atoms with van der Waals surface area (Å²) < 4.78 is 32.5. The van der Waals surface area contributed by atoms with Crippen molar-refractivity contribution in [1.82, 2.24) is 5.43 Å². The van der Waals surface area contributed by atoms with E-state index < -0.39 is 5.91 Å². The molecule has 4 rings (SSSR count). The first-order valence-electron chi connectivity index (χ1n) is 10.3. The van der Waals surface area contributed by atoms with E-state index in [1.165, 1.54) is 12.3 Å². The Morgan fingerprint density at radius 1 is 1.12 bits per heavy atom. The molecule has 1 heterocycles. The second-order valence-electron chi connectivity index (χ2n) is 7.14. The van der Waals surface area contributed by atoms with Crippen LogP contribution in [0, 0.1) is 5.82 Å². The third-order valence-electron chi connectivity index (χ3n) is 4.74. The van der Waals surface area contributed by atoms with Gasteiger partial charge in [-0.05, 0) is 70.9 Å². The highest BCUT2D eigenvalue weighted by molar-refractivity contribution is 9.10. The number of hydrazone groups is 1. The summed E-state index contributed by atoms with van der Waals surface area (Å²) in [4.78, 5) is 12.4. The maximum Gasteiger partial charge on any atom is 0.307 e. The Labute approximate surface area is 212 Å². The van der Waals surface area contributed by atoms with Crippen LogP contribution in [0.15, 0.2) is 79.1 Å². The average Bonchev–Trinajstić information content (AvgIpc) is 3.23. The van der Waals surface area contributed by atoms with Crippen molar-refractivity contribution in [2.45, 2.75) is 13.5 Å². The fourth-order valence-electron chi connectivity index (χ4n) is 3.18. The highest BCUT2D eigenvalue weighted by atomic mass is 79.9. The predicted octanol–water partition coefficient (Wildman–Crippen LogP) is 6.84. The largest absolute Gasteiger partial charge is 0.490 e. The Hall–Kier alpha value is -3.17. The summed E-state index contributed by atoms with van der Waals surface area (Å²) >= 11 is 6.87. The van der Waals surface area contributed by atoms with E-state index in [2.05, 4.69) is 42.4 Å². The van der Waals surface area contributed by atoms with E-state index >= 15 is 0 Å². The Bertz CT molecular complexity index is 1370. The van der Waals surface area contributed by atoms with Crippen LogP contribution < -0.4 is 14.9 Å². The van der Waals surface area contributed by atoms with Gasteiger partial charge in [0.25, 0.3) is 0 Å². The van der Waals surface area contributed by atoms with Gasteiger partial charge in [-0.25, -0.2) is 9.82 Å². The number of nitrogens with one attached hydrogen (secondary N) is 1. The van der Waals surface area contributed by atoms with E-state index in [9.17, 15) is 9.18 Å². The molecule has 174 valence electrons. The molecule has 0 unspecified atom stereocenters. The average molecular weight is 590 g/mol. The molecule has 0 atom stereocenters. The summed E-state index contributed by atoms with van der Waals surface area (Å²) in [6.45, 7) is 2.30. The summed E-state index contributed by atoms with van der Waals surface area (Å²) in [6.07, 6.45) is 1.48. The topological polar surface area (TPSA) is 73.1 Å². The third kappa shape index (κ3) is 5.66. The van der Waals surface area contributed by atoms with Crippen molar-refractivity contribution in [3.8, 4) is 11.5 Å². The molecule has 0 bridgehead atoms. The Balaban J connectivity index is 1.47. The van der Waals surface area contributed by atoms with E-state index in [0.717, 1.165) is 9.86 Å². The third-order valence-corrected chi connectivity index (χ3v) is 5.83. The Morgan fingerprint density at radius 2 is 1.94 bits per heavy atom. The number of carbonyl (C=O) groups is 1. The van der Waals surface area contributed by atoms with Crippen molar-refractivity contribution >= 4 is 55.0 Å². The van der Waals surface area contributed by atoms with Crippen LogP contribution in [0.3, 0.4) is 0 Å². The number of benzene rings is 3. The lowest BCUT2D eigenvalue weighted by Gasteiger charge is -2.15. The highest BCUT2D eigenvalue weighted by Crippen LogP contribution is 2.37. The van der Waals surface area contributed by atoms with E-state index in [1.54, 1.807) is 42.5 Å². The van der Waals surface area contributed by atoms with E-state index in [-0.39, 0.29) is 18.2 Å². The lowest BCUT2D eigenvalue weighted by Crippen LogP contribution is -2.16. The van der Waals surface area contributed by atoms with Gasteiger partial charge in [0.05, 0.1) is 17.3 Å². The lowest BCUT2D eigenvalue weighted by atomic mass is 10.2. The van der Waals surface area contributed by atoms with Gasteiger partial charge in [0.15, 0.2) is 17.3 Å². The van der Waals surface area contributed by atoms with Crippen molar-refractivity contribution in [3.63, 3.8) is 0 Å². The maximum absolute atomic E-state index is 13.9. The number of furan rings is 1. The predicted molar refractivity (Wildman–Crippen MR) is 135 cm³/mol. The molecule has 0 spiro atoms. The van der Waals surface area contributed by atoms with E-state index in [1.807, 2.05) is 19.1 Å². The van der Waals surface area contributed by atoms with Crippen LogP contribution in [0.2, 0.25) is 0 Å². The minimum Gasteiger partial charge on any atom is -0.490 e. The molecule has 0 fully saturated rings. The standard InChI is InChI=1S/C25H19Br2FN2O4/c1-2-32-22-10-15(9-19(27)24(22)33-14-16-5-3-4-6-20(16)28)13-29-30-25(31)23-12-17-11-18(26)7-8-21(17)34-23/h3-13H,2,14H2,1H3,(H,30,31)/b29-13+. The molecule has 0 radical (unpaired) electrons. The molecular formula is C25H19Br2FN2O4. The van der Waals surface area contributed by atoms with Crippen LogP contribution in [0.1, 0.15) is 28.6 Å². The first-order chi connectivity index (χ1) is 16.4. The monoisotopic (exact) mass is 588 g/mol. The first-order valence-corrected chi connectivity index (χ1v) is 11.9. The summed E-state index contributed by atoms with van der Waals surface area (Å²) in [5.74, 6) is 0.243. The Morgan fingerprint density at radius 3 is 2.74 bits per heavy atom. The quantitative estimate of drug-likeness (QED) is 0.180. The van der Waals surface area contributed by atoms with Crippen molar-refractivity contribution in [1.29, 1.82) is 0 Å². The zero-order chi connectivity index (χ0) is 24.1. The maximum atomic E-state index is 13.9. The van der Waals surface area contributed by atoms with Crippen LogP contribution in [0.5, 0.6) is 11.5 Å². The van der Waals surface area contributed by atoms with Gasteiger partial charge in [-0.3, -0.25) is 4.79 Å². The van der Waals surface area contributed by atoms with Crippen molar-refractivity contribution in [2.75, 3.05) is 6.61 Å². The molecule has 6 nitrogen and oxygen atoms in total. The summed E-state index contributed by atoms with van der Waals surface area (Å²) in [6, 6.07) is 17.0. The molecule has 9 heteroatoms.